The van der Waals surface area contributed by atoms with E-state index < -0.39 is 12.0 Å². The molecule has 35 heavy (non-hydrogen) atoms. The number of carboxylic acids is 1. The Morgan fingerprint density at radius 2 is 1.57 bits per heavy atom. The summed E-state index contributed by atoms with van der Waals surface area (Å²) in [6, 6.07) is 24.7. The van der Waals surface area contributed by atoms with Crippen molar-refractivity contribution in [2.75, 3.05) is 4.90 Å². The van der Waals surface area contributed by atoms with E-state index in [9.17, 15) is 14.0 Å². The lowest BCUT2D eigenvalue weighted by Crippen LogP contribution is -2.28. The van der Waals surface area contributed by atoms with Crippen LogP contribution in [-0.2, 0) is 16.0 Å². The molecule has 1 heterocycles. The average Bonchev–Trinajstić information content (AvgIpc) is 3.37. The summed E-state index contributed by atoms with van der Waals surface area (Å²) in [6.45, 7) is 1.88. The number of nitrogens with zero attached hydrogens (tertiary/aromatic N) is 3. The Hall–Kier alpha value is -4.33. The molecule has 3 aromatic carbocycles. The molecule has 7 nitrogen and oxygen atoms in total. The van der Waals surface area contributed by atoms with Gasteiger partial charge in [-0.05, 0) is 41.8 Å². The predicted molar refractivity (Wildman–Crippen MR) is 130 cm³/mol. The number of halogens is 1. The van der Waals surface area contributed by atoms with Gasteiger partial charge in [0.25, 0.3) is 0 Å². The Labute approximate surface area is 202 Å². The maximum absolute atomic E-state index is 11.9. The van der Waals surface area contributed by atoms with E-state index in [1.807, 2.05) is 61.5 Å². The van der Waals surface area contributed by atoms with Crippen molar-refractivity contribution in [2.24, 2.45) is 0 Å². The van der Waals surface area contributed by atoms with Crippen LogP contribution in [-0.4, -0.2) is 27.7 Å². The number of benzene rings is 3. The van der Waals surface area contributed by atoms with E-state index >= 15 is 0 Å². The topological polar surface area (TPSA) is 96.5 Å². The Morgan fingerprint density at radius 1 is 0.971 bits per heavy atom. The number of carbonyl (C=O) groups is 2. The lowest BCUT2D eigenvalue weighted by Gasteiger charge is -2.25. The van der Waals surface area contributed by atoms with Gasteiger partial charge in [0.15, 0.2) is 0 Å². The van der Waals surface area contributed by atoms with E-state index in [2.05, 4.69) is 10.2 Å². The number of aliphatic carboxylic acids is 1. The standard InChI is InChI=1S/C21H21N3O4.C6H5F/c1-2-19-22-23-21(28-19)18(12-13-20(26)27)24(14-25)17-10-8-16(9-11-17)15-6-4-3-5-7-15;7-6-4-2-1-3-5-6/h3-11,14,18H,2,12-13H2,1H3,(H,26,27);1-5H. The fourth-order valence-corrected chi connectivity index (χ4v) is 3.37. The van der Waals surface area contributed by atoms with Gasteiger partial charge in [-0.2, -0.15) is 0 Å². The maximum Gasteiger partial charge on any atom is 0.303 e. The van der Waals surface area contributed by atoms with E-state index in [4.69, 9.17) is 9.52 Å². The number of amides is 1. The van der Waals surface area contributed by atoms with Gasteiger partial charge in [-0.3, -0.25) is 9.59 Å². The summed E-state index contributed by atoms with van der Waals surface area (Å²) >= 11 is 0. The fourth-order valence-electron chi connectivity index (χ4n) is 3.37. The first-order valence-electron chi connectivity index (χ1n) is 11.2. The molecule has 1 amide bonds. The molecule has 0 spiro atoms. The van der Waals surface area contributed by atoms with Gasteiger partial charge >= 0.3 is 5.97 Å². The summed E-state index contributed by atoms with van der Waals surface area (Å²) in [5.41, 5.74) is 2.71. The van der Waals surface area contributed by atoms with Crippen LogP contribution in [0.3, 0.4) is 0 Å². The van der Waals surface area contributed by atoms with Crippen molar-refractivity contribution >= 4 is 18.1 Å². The van der Waals surface area contributed by atoms with Crippen molar-refractivity contribution < 1.29 is 23.5 Å². The summed E-state index contributed by atoms with van der Waals surface area (Å²) in [5.74, 6) is -0.453. The molecule has 0 radical (unpaired) electrons. The molecule has 0 fully saturated rings. The van der Waals surface area contributed by atoms with E-state index in [0.717, 1.165) is 11.1 Å². The highest BCUT2D eigenvalue weighted by Crippen LogP contribution is 2.31. The van der Waals surface area contributed by atoms with Crippen molar-refractivity contribution in [3.05, 3.63) is 103 Å². The highest BCUT2D eigenvalue weighted by Gasteiger charge is 2.27. The summed E-state index contributed by atoms with van der Waals surface area (Å²) in [4.78, 5) is 24.4. The number of aryl methyl sites for hydroxylation is 1. The van der Waals surface area contributed by atoms with Crippen molar-refractivity contribution in [1.82, 2.24) is 10.2 Å². The first kappa shape index (κ1) is 25.3. The minimum absolute atomic E-state index is 0.124. The molecule has 8 heteroatoms. The molecular formula is C27H26FN3O4. The van der Waals surface area contributed by atoms with Gasteiger partial charge in [0.2, 0.25) is 18.2 Å². The van der Waals surface area contributed by atoms with Crippen molar-refractivity contribution in [1.29, 1.82) is 0 Å². The number of aromatic nitrogens is 2. The van der Waals surface area contributed by atoms with Gasteiger partial charge in [-0.25, -0.2) is 4.39 Å². The lowest BCUT2D eigenvalue weighted by molar-refractivity contribution is -0.137. The quantitative estimate of drug-likeness (QED) is 0.312. The van der Waals surface area contributed by atoms with Crippen LogP contribution >= 0.6 is 0 Å². The Morgan fingerprint density at radius 3 is 2.06 bits per heavy atom. The van der Waals surface area contributed by atoms with Crippen LogP contribution in [0.5, 0.6) is 0 Å². The van der Waals surface area contributed by atoms with Crippen LogP contribution in [0.25, 0.3) is 11.1 Å². The Balaban J connectivity index is 0.000000420. The van der Waals surface area contributed by atoms with Crippen LogP contribution in [0.1, 0.15) is 37.6 Å². The van der Waals surface area contributed by atoms with Crippen molar-refractivity contribution in [3.63, 3.8) is 0 Å². The molecule has 1 atom stereocenters. The first-order chi connectivity index (χ1) is 17.0. The molecular weight excluding hydrogens is 449 g/mol. The highest BCUT2D eigenvalue weighted by molar-refractivity contribution is 5.78. The monoisotopic (exact) mass is 475 g/mol. The van der Waals surface area contributed by atoms with Gasteiger partial charge in [-0.1, -0.05) is 67.6 Å². The zero-order chi connectivity index (χ0) is 25.0. The highest BCUT2D eigenvalue weighted by atomic mass is 19.1. The third-order valence-electron chi connectivity index (χ3n) is 5.16. The lowest BCUT2D eigenvalue weighted by atomic mass is 10.0. The fraction of sp³-hybridized carbons (Fsp3) is 0.185. The normalized spacial score (nSPS) is 11.1. The number of carbonyl (C=O) groups excluding carboxylic acids is 1. The van der Waals surface area contributed by atoms with Gasteiger partial charge in [-0.15, -0.1) is 10.2 Å². The molecule has 4 rings (SSSR count). The number of carboxylic acid groups (broad SMARTS) is 1. The number of rotatable bonds is 9. The average molecular weight is 476 g/mol. The minimum atomic E-state index is -0.953. The van der Waals surface area contributed by atoms with Crippen molar-refractivity contribution in [3.8, 4) is 11.1 Å². The van der Waals surface area contributed by atoms with Crippen LogP contribution in [0, 0.1) is 5.82 Å². The van der Waals surface area contributed by atoms with Crippen LogP contribution < -0.4 is 4.90 Å². The smallest absolute Gasteiger partial charge is 0.303 e. The molecule has 0 aliphatic rings. The first-order valence-corrected chi connectivity index (χ1v) is 11.2. The van der Waals surface area contributed by atoms with Gasteiger partial charge < -0.3 is 14.4 Å². The number of anilines is 1. The second-order valence-corrected chi connectivity index (χ2v) is 7.56. The molecule has 0 bridgehead atoms. The molecule has 1 aromatic heterocycles. The van der Waals surface area contributed by atoms with Crippen LogP contribution in [0.15, 0.2) is 89.3 Å². The molecule has 0 aliphatic carbocycles. The largest absolute Gasteiger partial charge is 0.481 e. The summed E-state index contributed by atoms with van der Waals surface area (Å²) in [5, 5.41) is 17.0. The van der Waals surface area contributed by atoms with Crippen LogP contribution in [0.2, 0.25) is 0 Å². The molecule has 1 N–H and O–H groups in total. The summed E-state index contributed by atoms with van der Waals surface area (Å²) in [6.07, 6.45) is 1.27. The zero-order valence-electron chi connectivity index (χ0n) is 19.3. The molecule has 1 unspecified atom stereocenters. The van der Waals surface area contributed by atoms with E-state index in [1.165, 1.54) is 17.0 Å². The second-order valence-electron chi connectivity index (χ2n) is 7.56. The summed E-state index contributed by atoms with van der Waals surface area (Å²) < 4.78 is 17.5. The second kappa shape index (κ2) is 12.8. The maximum atomic E-state index is 11.9. The summed E-state index contributed by atoms with van der Waals surface area (Å²) in [7, 11) is 0. The van der Waals surface area contributed by atoms with E-state index in [0.29, 0.717) is 24.4 Å². The zero-order valence-corrected chi connectivity index (χ0v) is 19.3. The van der Waals surface area contributed by atoms with Gasteiger partial charge in [0.05, 0.1) is 0 Å². The van der Waals surface area contributed by atoms with E-state index in [-0.39, 0.29) is 24.5 Å². The molecule has 0 saturated carbocycles. The van der Waals surface area contributed by atoms with Crippen molar-refractivity contribution in [2.45, 2.75) is 32.2 Å². The van der Waals surface area contributed by atoms with Crippen LogP contribution in [0.4, 0.5) is 10.1 Å². The minimum Gasteiger partial charge on any atom is -0.481 e. The molecule has 0 saturated heterocycles. The van der Waals surface area contributed by atoms with E-state index in [1.54, 1.807) is 18.2 Å². The third kappa shape index (κ3) is 7.33. The molecule has 180 valence electrons. The SMILES string of the molecule is CCc1nnc(C(CCC(=O)O)N(C=O)c2ccc(-c3ccccc3)cc2)o1.Fc1ccccc1. The van der Waals surface area contributed by atoms with Gasteiger partial charge in [0.1, 0.15) is 11.9 Å². The number of hydrogen-bond acceptors (Lipinski definition) is 5. The van der Waals surface area contributed by atoms with Gasteiger partial charge in [0, 0.05) is 18.5 Å². The predicted octanol–water partition coefficient (Wildman–Crippen LogP) is 5.69. The molecule has 0 aliphatic heterocycles. The Kier molecular flexibility index (Phi) is 9.24. The number of hydrogen-bond donors (Lipinski definition) is 1. The third-order valence-corrected chi connectivity index (χ3v) is 5.16. The Bertz CT molecular complexity index is 1200. The molecule has 4 aromatic rings.